The van der Waals surface area contributed by atoms with Crippen LogP contribution in [0.25, 0.3) is 32.4 Å². The number of ether oxygens (including phenoxy) is 2. The summed E-state index contributed by atoms with van der Waals surface area (Å²) in [6.07, 6.45) is 0. The summed E-state index contributed by atoms with van der Waals surface area (Å²) in [6, 6.07) is 12.6. The summed E-state index contributed by atoms with van der Waals surface area (Å²) >= 11 is 1.63. The molecule has 20 heteroatoms. The summed E-state index contributed by atoms with van der Waals surface area (Å²) in [6.45, 7) is 0. The Kier molecular flexibility index (Phi) is 8.15. The standard InChI is InChI=1S/C22H17N5O11S4/c1-35-13-4-7-16-18(10-13)39-22(23-16)27-25-21(15-6-5-14(40-38-37-28)11-19(15)41(29,30)31)24-26(27)12-3-8-17(36-2)20(9-12)42(32,33)34/h3-11H,1-2H3,(H2-,28,29,30,31,32,33,34)/p+1. The lowest BCUT2D eigenvalue weighted by Crippen LogP contribution is -2.43. The maximum Gasteiger partial charge on any atom is 0.365 e. The zero-order valence-electron chi connectivity index (χ0n) is 21.2. The molecule has 0 amide bonds. The highest BCUT2D eigenvalue weighted by Crippen LogP contribution is 2.32. The number of aromatic nitrogens is 5. The van der Waals surface area contributed by atoms with Gasteiger partial charge >= 0.3 is 5.13 Å². The Morgan fingerprint density at radius 2 is 1.69 bits per heavy atom. The van der Waals surface area contributed by atoms with Gasteiger partial charge in [0.1, 0.15) is 27.0 Å². The molecule has 0 aliphatic carbocycles. The van der Waals surface area contributed by atoms with Crippen LogP contribution in [0.5, 0.6) is 11.5 Å². The lowest BCUT2D eigenvalue weighted by Gasteiger charge is -2.07. The van der Waals surface area contributed by atoms with Crippen LogP contribution < -0.4 is 14.3 Å². The third-order valence-electron chi connectivity index (χ3n) is 5.60. The molecule has 3 N–H and O–H groups in total. The van der Waals surface area contributed by atoms with Gasteiger partial charge < -0.3 is 9.47 Å². The van der Waals surface area contributed by atoms with Crippen molar-refractivity contribution in [1.29, 1.82) is 0 Å². The molecule has 0 saturated heterocycles. The van der Waals surface area contributed by atoms with E-state index < -0.39 is 30.0 Å². The van der Waals surface area contributed by atoms with Crippen LogP contribution in [0, 0.1) is 0 Å². The topological polar surface area (TPSA) is 213 Å². The number of fused-ring (bicyclic) bond motifs is 1. The Labute approximate surface area is 245 Å². The van der Waals surface area contributed by atoms with E-state index in [1.165, 1.54) is 54.6 Å². The van der Waals surface area contributed by atoms with Crippen LogP contribution in [0.4, 0.5) is 0 Å². The van der Waals surface area contributed by atoms with E-state index in [2.05, 4.69) is 24.6 Å². The van der Waals surface area contributed by atoms with Gasteiger partial charge in [0.2, 0.25) is 0 Å². The van der Waals surface area contributed by atoms with Gasteiger partial charge in [0.15, 0.2) is 5.52 Å². The van der Waals surface area contributed by atoms with E-state index in [0.29, 0.717) is 28.0 Å². The second-order valence-corrected chi connectivity index (χ2v) is 12.7. The molecule has 0 fully saturated rings. The molecule has 0 atom stereocenters. The van der Waals surface area contributed by atoms with Gasteiger partial charge in [-0.15, -0.1) is 4.33 Å². The van der Waals surface area contributed by atoms with Gasteiger partial charge in [0.25, 0.3) is 26.1 Å². The highest BCUT2D eigenvalue weighted by molar-refractivity contribution is 7.94. The molecule has 0 aliphatic heterocycles. The fourth-order valence-electron chi connectivity index (χ4n) is 3.79. The van der Waals surface area contributed by atoms with Gasteiger partial charge in [-0.25, -0.2) is 5.26 Å². The van der Waals surface area contributed by atoms with Crippen molar-refractivity contribution in [2.75, 3.05) is 14.2 Å². The average Bonchev–Trinajstić information content (AvgIpc) is 3.59. The lowest BCUT2D eigenvalue weighted by molar-refractivity contribution is -0.734. The number of hydrogen-bond donors (Lipinski definition) is 3. The van der Waals surface area contributed by atoms with E-state index in [4.69, 9.17) is 14.7 Å². The van der Waals surface area contributed by atoms with Crippen molar-refractivity contribution in [3.05, 3.63) is 54.6 Å². The summed E-state index contributed by atoms with van der Waals surface area (Å²) in [5, 5.41) is 21.0. The minimum Gasteiger partial charge on any atom is -0.497 e. The van der Waals surface area contributed by atoms with Crippen LogP contribution >= 0.6 is 23.4 Å². The zero-order chi connectivity index (χ0) is 30.2. The summed E-state index contributed by atoms with van der Waals surface area (Å²) < 4.78 is 83.9. The summed E-state index contributed by atoms with van der Waals surface area (Å²) in [5.74, 6) is 0.208. The van der Waals surface area contributed by atoms with E-state index in [1.807, 2.05) is 0 Å². The summed E-state index contributed by atoms with van der Waals surface area (Å²) in [7, 11) is -6.86. The van der Waals surface area contributed by atoms with E-state index in [0.717, 1.165) is 16.9 Å². The van der Waals surface area contributed by atoms with Crippen molar-refractivity contribution in [3.63, 3.8) is 0 Å². The van der Waals surface area contributed by atoms with Gasteiger partial charge in [-0.2, -0.15) is 16.8 Å². The normalized spacial score (nSPS) is 12.1. The fraction of sp³-hybridized carbons (Fsp3) is 0.0909. The van der Waals surface area contributed by atoms with Crippen molar-refractivity contribution in [2.24, 2.45) is 0 Å². The molecule has 2 aromatic heterocycles. The molecule has 220 valence electrons. The Morgan fingerprint density at radius 3 is 2.36 bits per heavy atom. The van der Waals surface area contributed by atoms with E-state index in [-0.39, 0.29) is 32.9 Å². The lowest BCUT2D eigenvalue weighted by atomic mass is 10.2. The van der Waals surface area contributed by atoms with Gasteiger partial charge in [0, 0.05) is 16.1 Å². The van der Waals surface area contributed by atoms with E-state index >= 15 is 0 Å². The molecule has 0 saturated carbocycles. The van der Waals surface area contributed by atoms with Crippen LogP contribution in [0.15, 0.2) is 69.3 Å². The molecule has 5 aromatic rings. The van der Waals surface area contributed by atoms with Gasteiger partial charge in [-0.1, -0.05) is 21.4 Å². The number of hydrogen-bond acceptors (Lipinski definition) is 14. The molecular weight excluding hydrogens is 639 g/mol. The van der Waals surface area contributed by atoms with Gasteiger partial charge in [-0.05, 0) is 63.2 Å². The number of benzene rings is 3. The minimum atomic E-state index is -4.85. The Bertz CT molecular complexity index is 2030. The molecule has 0 radical (unpaired) electrons. The minimum absolute atomic E-state index is 0.0630. The van der Waals surface area contributed by atoms with Crippen molar-refractivity contribution >= 4 is 53.8 Å². The van der Waals surface area contributed by atoms with Crippen molar-refractivity contribution < 1.29 is 54.8 Å². The Morgan fingerprint density at radius 1 is 0.929 bits per heavy atom. The molecule has 0 unspecified atom stereocenters. The maximum atomic E-state index is 12.3. The third kappa shape index (κ3) is 5.92. The zero-order valence-corrected chi connectivity index (χ0v) is 24.4. The molecular formula is C22H18N5O11S4+. The first kappa shape index (κ1) is 29.8. The van der Waals surface area contributed by atoms with Crippen molar-refractivity contribution in [1.82, 2.24) is 20.0 Å². The number of thiazole rings is 1. The molecule has 0 spiro atoms. The molecule has 0 aliphatic rings. The van der Waals surface area contributed by atoms with Crippen LogP contribution in [0.3, 0.4) is 0 Å². The van der Waals surface area contributed by atoms with Crippen LogP contribution in [0.1, 0.15) is 0 Å². The monoisotopic (exact) mass is 656 g/mol. The Hall–Kier alpha value is -3.73. The second-order valence-electron chi connectivity index (χ2n) is 8.10. The predicted octanol–water partition coefficient (Wildman–Crippen LogP) is 2.76. The average molecular weight is 657 g/mol. The third-order valence-corrected chi connectivity index (χ3v) is 8.93. The van der Waals surface area contributed by atoms with Crippen LogP contribution in [-0.4, -0.2) is 65.4 Å². The molecule has 16 nitrogen and oxygen atoms in total. The largest absolute Gasteiger partial charge is 0.497 e. The molecule has 3 aromatic carbocycles. The molecule has 42 heavy (non-hydrogen) atoms. The smallest absolute Gasteiger partial charge is 0.365 e. The van der Waals surface area contributed by atoms with Crippen molar-refractivity contribution in [2.45, 2.75) is 14.7 Å². The Balaban J connectivity index is 1.76. The highest BCUT2D eigenvalue weighted by Gasteiger charge is 2.30. The number of rotatable bonds is 10. The number of nitrogens with zero attached hydrogens (tertiary/aromatic N) is 5. The van der Waals surface area contributed by atoms with E-state index in [9.17, 15) is 25.9 Å². The first-order chi connectivity index (χ1) is 19.9. The molecule has 5 rings (SSSR count). The SMILES string of the molecule is COc1ccc2nc(-[n+]3nc(-c4ccc(SOOO)cc4S(=O)(=O)O)nn3-c3ccc(OC)c(S(=O)(=O)O)c3)sc2c1. The van der Waals surface area contributed by atoms with Gasteiger partial charge in [-0.3, -0.25) is 9.11 Å². The first-order valence-corrected chi connectivity index (χ1v) is 15.6. The van der Waals surface area contributed by atoms with Crippen LogP contribution in [0.2, 0.25) is 0 Å². The summed E-state index contributed by atoms with van der Waals surface area (Å²) in [5.41, 5.74) is 0.484. The fourth-order valence-corrected chi connectivity index (χ4v) is 6.58. The highest BCUT2D eigenvalue weighted by atomic mass is 32.2. The molecule has 0 bridgehead atoms. The quantitative estimate of drug-likeness (QED) is 0.0648. The number of methoxy groups -OCH3 is 2. The van der Waals surface area contributed by atoms with E-state index in [1.54, 1.807) is 18.2 Å². The van der Waals surface area contributed by atoms with Crippen molar-refractivity contribution in [3.8, 4) is 33.7 Å². The second kappa shape index (κ2) is 11.5. The van der Waals surface area contributed by atoms with Crippen LogP contribution in [-0.2, 0) is 29.6 Å². The summed E-state index contributed by atoms with van der Waals surface area (Å²) in [4.78, 5) is 5.82. The first-order valence-electron chi connectivity index (χ1n) is 11.2. The maximum absolute atomic E-state index is 12.3. The predicted molar refractivity (Wildman–Crippen MR) is 145 cm³/mol. The number of tetrazole rings is 1. The van der Waals surface area contributed by atoms with Gasteiger partial charge in [0.05, 0.1) is 36.5 Å². The molecule has 2 heterocycles.